The Hall–Kier alpha value is -2.42. The van der Waals surface area contributed by atoms with E-state index < -0.39 is 0 Å². The molecule has 0 spiro atoms. The zero-order chi connectivity index (χ0) is 23.0. The normalized spacial score (nSPS) is 21.1. The average Bonchev–Trinajstić information content (AvgIpc) is 3.34. The topological polar surface area (TPSA) is 77.0 Å². The minimum absolute atomic E-state index is 0.0334. The summed E-state index contributed by atoms with van der Waals surface area (Å²) >= 11 is 1.53. The minimum Gasteiger partial charge on any atom is -0.332 e. The molecule has 176 valence electrons. The first kappa shape index (κ1) is 23.7. The maximum atomic E-state index is 12.2. The van der Waals surface area contributed by atoms with E-state index in [1.165, 1.54) is 33.4 Å². The second-order valence-electron chi connectivity index (χ2n) is 8.84. The first-order valence-electron chi connectivity index (χ1n) is 11.7. The van der Waals surface area contributed by atoms with Crippen molar-refractivity contribution in [3.63, 3.8) is 0 Å². The number of allylic oxidation sites excluding steroid dienone is 2. The average molecular weight is 468 g/mol. The van der Waals surface area contributed by atoms with E-state index in [0.29, 0.717) is 17.6 Å². The number of hydrogen-bond donors (Lipinski definition) is 2. The van der Waals surface area contributed by atoms with E-state index in [1.807, 2.05) is 0 Å². The molecular formula is C25H33N5O2S. The van der Waals surface area contributed by atoms with Crippen LogP contribution in [0.4, 0.5) is 0 Å². The monoisotopic (exact) mass is 467 g/mol. The maximum Gasteiger partial charge on any atom is 0.245 e. The molecule has 2 aliphatic heterocycles. The number of thioether (sulfide) groups is 1. The number of piperazine rings is 1. The lowest BCUT2D eigenvalue weighted by Crippen LogP contribution is -2.42. The van der Waals surface area contributed by atoms with Gasteiger partial charge in [-0.25, -0.2) is 0 Å². The first-order valence-corrected chi connectivity index (χ1v) is 12.6. The molecule has 1 saturated heterocycles. The van der Waals surface area contributed by atoms with Crippen molar-refractivity contribution in [2.24, 2.45) is 4.99 Å². The molecule has 0 saturated carbocycles. The zero-order valence-corrected chi connectivity index (χ0v) is 20.1. The molecule has 2 N–H and O–H groups in total. The van der Waals surface area contributed by atoms with Gasteiger partial charge in [0.2, 0.25) is 12.3 Å². The van der Waals surface area contributed by atoms with Crippen LogP contribution in [0.2, 0.25) is 0 Å². The van der Waals surface area contributed by atoms with Crippen LogP contribution in [-0.2, 0) is 16.1 Å². The third-order valence-corrected chi connectivity index (χ3v) is 7.22. The summed E-state index contributed by atoms with van der Waals surface area (Å²) in [7, 11) is 0. The van der Waals surface area contributed by atoms with Crippen molar-refractivity contribution in [3.05, 3.63) is 58.7 Å². The van der Waals surface area contributed by atoms with E-state index in [2.05, 4.69) is 63.9 Å². The lowest BCUT2D eigenvalue weighted by Gasteiger charge is -2.27. The van der Waals surface area contributed by atoms with E-state index >= 15 is 0 Å². The summed E-state index contributed by atoms with van der Waals surface area (Å²) < 4.78 is 0. The number of carbonyl (C=O) groups is 2. The van der Waals surface area contributed by atoms with Crippen molar-refractivity contribution in [2.75, 3.05) is 51.6 Å². The van der Waals surface area contributed by atoms with E-state index in [9.17, 15) is 9.59 Å². The maximum absolute atomic E-state index is 12.2. The van der Waals surface area contributed by atoms with Crippen molar-refractivity contribution >= 4 is 29.2 Å². The fourth-order valence-electron chi connectivity index (χ4n) is 4.42. The number of carbonyl (C=O) groups excluding carboxylic acids is 2. The molecule has 2 amide bonds. The van der Waals surface area contributed by atoms with Gasteiger partial charge in [-0.3, -0.25) is 19.5 Å². The molecule has 1 unspecified atom stereocenters. The summed E-state index contributed by atoms with van der Waals surface area (Å²) in [6.07, 6.45) is 6.01. The highest BCUT2D eigenvalue weighted by Crippen LogP contribution is 2.31. The minimum atomic E-state index is -0.202. The Morgan fingerprint density at radius 2 is 2.09 bits per heavy atom. The van der Waals surface area contributed by atoms with Crippen molar-refractivity contribution in [1.82, 2.24) is 20.4 Å². The van der Waals surface area contributed by atoms with Crippen LogP contribution >= 0.6 is 11.8 Å². The van der Waals surface area contributed by atoms with Crippen LogP contribution in [0.15, 0.2) is 52.6 Å². The molecule has 1 fully saturated rings. The lowest BCUT2D eigenvalue weighted by atomic mass is 9.85. The van der Waals surface area contributed by atoms with Crippen LogP contribution in [0, 0.1) is 0 Å². The Balaban J connectivity index is 1.29. The summed E-state index contributed by atoms with van der Waals surface area (Å²) in [5.41, 5.74) is 5.04. The van der Waals surface area contributed by atoms with Gasteiger partial charge in [0.05, 0.1) is 6.54 Å². The molecule has 8 heteroatoms. The van der Waals surface area contributed by atoms with Gasteiger partial charge < -0.3 is 15.5 Å². The number of benzene rings is 1. The Labute approximate surface area is 200 Å². The van der Waals surface area contributed by atoms with E-state index in [4.69, 9.17) is 0 Å². The molecule has 4 rings (SSSR count). The fourth-order valence-corrected chi connectivity index (χ4v) is 5.17. The summed E-state index contributed by atoms with van der Waals surface area (Å²) in [5, 5.41) is 6.84. The molecule has 0 aromatic heterocycles. The van der Waals surface area contributed by atoms with Crippen molar-refractivity contribution in [1.29, 1.82) is 0 Å². The van der Waals surface area contributed by atoms with Crippen LogP contribution < -0.4 is 10.6 Å². The van der Waals surface area contributed by atoms with Gasteiger partial charge in [-0.2, -0.15) is 0 Å². The molecule has 1 aromatic carbocycles. The molecular weight excluding hydrogens is 434 g/mol. The number of rotatable bonds is 8. The molecule has 3 aliphatic rings. The van der Waals surface area contributed by atoms with Crippen LogP contribution in [-0.4, -0.2) is 78.9 Å². The smallest absolute Gasteiger partial charge is 0.245 e. The SMILES string of the molecule is CC1=C(CN(C=O)CC(=O)NC2=NCCS2)C=CC(c2ccc(CN3CCNCC3)cc2)C1. The second kappa shape index (κ2) is 11.6. The molecule has 7 nitrogen and oxygen atoms in total. The van der Waals surface area contributed by atoms with Gasteiger partial charge >= 0.3 is 0 Å². The zero-order valence-electron chi connectivity index (χ0n) is 19.3. The Kier molecular flexibility index (Phi) is 8.36. The highest BCUT2D eigenvalue weighted by molar-refractivity contribution is 8.14. The van der Waals surface area contributed by atoms with E-state index in [1.54, 1.807) is 0 Å². The summed E-state index contributed by atoms with van der Waals surface area (Å²) in [4.78, 5) is 32.0. The Morgan fingerprint density at radius 1 is 1.30 bits per heavy atom. The molecule has 0 bridgehead atoms. The van der Waals surface area contributed by atoms with Crippen molar-refractivity contribution in [2.45, 2.75) is 25.8 Å². The number of amidine groups is 1. The van der Waals surface area contributed by atoms with E-state index in [0.717, 1.165) is 63.4 Å². The van der Waals surface area contributed by atoms with Crippen molar-refractivity contribution < 1.29 is 9.59 Å². The highest BCUT2D eigenvalue weighted by Gasteiger charge is 2.19. The third-order valence-electron chi connectivity index (χ3n) is 6.33. The fraction of sp³-hybridized carbons (Fsp3) is 0.480. The number of hydrogen-bond acceptors (Lipinski definition) is 6. The van der Waals surface area contributed by atoms with Crippen molar-refractivity contribution in [3.8, 4) is 0 Å². The first-order chi connectivity index (χ1) is 16.1. The summed E-state index contributed by atoms with van der Waals surface area (Å²) in [6, 6.07) is 8.99. The second-order valence-corrected chi connectivity index (χ2v) is 9.92. The van der Waals surface area contributed by atoms with Crippen LogP contribution in [0.3, 0.4) is 0 Å². The number of nitrogens with one attached hydrogen (secondary N) is 2. The number of amides is 2. The van der Waals surface area contributed by atoms with Crippen LogP contribution in [0.5, 0.6) is 0 Å². The number of nitrogens with zero attached hydrogens (tertiary/aromatic N) is 3. The molecule has 2 heterocycles. The third kappa shape index (κ3) is 6.79. The molecule has 1 aromatic rings. The van der Waals surface area contributed by atoms with E-state index in [-0.39, 0.29) is 12.5 Å². The lowest BCUT2D eigenvalue weighted by molar-refractivity contribution is -0.126. The van der Waals surface area contributed by atoms with Gasteiger partial charge in [-0.1, -0.05) is 53.8 Å². The van der Waals surface area contributed by atoms with Gasteiger partial charge in [0.25, 0.3) is 0 Å². The largest absolute Gasteiger partial charge is 0.332 e. The standard InChI is InChI=1S/C25H33N5O2S/c1-19-14-22(21-4-2-20(3-5-21)15-29-11-8-26-9-12-29)6-7-23(19)16-30(18-31)17-24(32)28-25-27-10-13-33-25/h2-7,18,22,26H,8-17H2,1H3,(H,27,28,32). The predicted octanol–water partition coefficient (Wildman–Crippen LogP) is 2.13. The molecule has 1 atom stereocenters. The van der Waals surface area contributed by atoms with Gasteiger partial charge in [0.1, 0.15) is 6.54 Å². The molecule has 0 radical (unpaired) electrons. The van der Waals surface area contributed by atoms with Crippen LogP contribution in [0.25, 0.3) is 0 Å². The molecule has 1 aliphatic carbocycles. The van der Waals surface area contributed by atoms with Gasteiger partial charge in [0.15, 0.2) is 5.17 Å². The molecule has 33 heavy (non-hydrogen) atoms. The van der Waals surface area contributed by atoms with Gasteiger partial charge in [-0.15, -0.1) is 0 Å². The Bertz CT molecular complexity index is 935. The predicted molar refractivity (Wildman–Crippen MR) is 134 cm³/mol. The van der Waals surface area contributed by atoms with Gasteiger partial charge in [-0.05, 0) is 30.0 Å². The summed E-state index contributed by atoms with van der Waals surface area (Å²) in [6.45, 7) is 8.68. The quantitative estimate of drug-likeness (QED) is 0.573. The Morgan fingerprint density at radius 3 is 2.76 bits per heavy atom. The van der Waals surface area contributed by atoms with Gasteiger partial charge in [0, 0.05) is 50.9 Å². The number of aliphatic imine (C=N–C) groups is 1. The van der Waals surface area contributed by atoms with Crippen LogP contribution in [0.1, 0.15) is 30.4 Å². The highest BCUT2D eigenvalue weighted by atomic mass is 32.2. The summed E-state index contributed by atoms with van der Waals surface area (Å²) in [5.74, 6) is 1.03.